The van der Waals surface area contributed by atoms with E-state index in [0.717, 1.165) is 31.6 Å². The number of phenolic OH excluding ortho intramolecular Hbond substituents is 1. The van der Waals surface area contributed by atoms with Crippen molar-refractivity contribution >= 4 is 11.6 Å². The Bertz CT molecular complexity index is 533. The first-order chi connectivity index (χ1) is 10.5. The van der Waals surface area contributed by atoms with Crippen molar-refractivity contribution in [3.8, 4) is 5.75 Å². The molecule has 2 fully saturated rings. The van der Waals surface area contributed by atoms with Gasteiger partial charge in [-0.15, -0.1) is 0 Å². The third-order valence-corrected chi connectivity index (χ3v) is 4.79. The number of nitrogens with zero attached hydrogens (tertiary/aromatic N) is 2. The predicted molar refractivity (Wildman–Crippen MR) is 85.1 cm³/mol. The Balaban J connectivity index is 1.65. The van der Waals surface area contributed by atoms with Crippen LogP contribution in [0.4, 0.5) is 5.69 Å². The SMILES string of the molecule is CC(C)N1CC2(CCN(c3ccc(O)cc3)CC2)OCC1=O. The molecular formula is C17H24N2O3. The molecule has 1 aromatic rings. The van der Waals surface area contributed by atoms with Gasteiger partial charge in [0.1, 0.15) is 12.4 Å². The van der Waals surface area contributed by atoms with Crippen LogP contribution in [0.3, 0.4) is 0 Å². The van der Waals surface area contributed by atoms with Gasteiger partial charge in [0.25, 0.3) is 0 Å². The molecule has 2 saturated heterocycles. The van der Waals surface area contributed by atoms with Crippen molar-refractivity contribution in [2.45, 2.75) is 38.3 Å². The number of ether oxygens (including phenoxy) is 1. The summed E-state index contributed by atoms with van der Waals surface area (Å²) < 4.78 is 5.94. The Morgan fingerprint density at radius 1 is 1.18 bits per heavy atom. The van der Waals surface area contributed by atoms with E-state index in [9.17, 15) is 9.90 Å². The number of aromatic hydroxyl groups is 1. The number of hydrogen-bond acceptors (Lipinski definition) is 4. The Morgan fingerprint density at radius 2 is 1.82 bits per heavy atom. The topological polar surface area (TPSA) is 53.0 Å². The van der Waals surface area contributed by atoms with Crippen LogP contribution >= 0.6 is 0 Å². The number of phenols is 1. The summed E-state index contributed by atoms with van der Waals surface area (Å²) in [6.07, 6.45) is 1.84. The Morgan fingerprint density at radius 3 is 2.41 bits per heavy atom. The van der Waals surface area contributed by atoms with E-state index in [-0.39, 0.29) is 24.2 Å². The second kappa shape index (κ2) is 5.80. The van der Waals surface area contributed by atoms with Gasteiger partial charge in [0, 0.05) is 24.8 Å². The normalized spacial score (nSPS) is 21.7. The molecule has 0 bridgehead atoms. The van der Waals surface area contributed by atoms with E-state index < -0.39 is 0 Å². The van der Waals surface area contributed by atoms with Gasteiger partial charge in [-0.2, -0.15) is 0 Å². The third kappa shape index (κ3) is 2.90. The largest absolute Gasteiger partial charge is 0.508 e. The molecule has 5 heteroatoms. The fraction of sp³-hybridized carbons (Fsp3) is 0.588. The van der Waals surface area contributed by atoms with Gasteiger partial charge in [0.05, 0.1) is 12.1 Å². The van der Waals surface area contributed by atoms with Gasteiger partial charge in [-0.1, -0.05) is 0 Å². The zero-order valence-electron chi connectivity index (χ0n) is 13.3. The molecular weight excluding hydrogens is 280 g/mol. The van der Waals surface area contributed by atoms with Crippen LogP contribution < -0.4 is 4.90 Å². The van der Waals surface area contributed by atoms with Gasteiger partial charge in [0.2, 0.25) is 5.91 Å². The maximum Gasteiger partial charge on any atom is 0.248 e. The molecule has 22 heavy (non-hydrogen) atoms. The predicted octanol–water partition coefficient (Wildman–Crippen LogP) is 2.00. The number of morpholine rings is 1. The summed E-state index contributed by atoms with van der Waals surface area (Å²) in [5, 5.41) is 9.38. The van der Waals surface area contributed by atoms with Gasteiger partial charge in [0.15, 0.2) is 0 Å². The van der Waals surface area contributed by atoms with Gasteiger partial charge < -0.3 is 19.6 Å². The summed E-state index contributed by atoms with van der Waals surface area (Å²) in [7, 11) is 0. The number of carbonyl (C=O) groups is 1. The molecule has 0 atom stereocenters. The standard InChI is InChI=1S/C17H24N2O3/c1-13(2)19-12-17(22-11-16(19)21)7-9-18(10-8-17)14-3-5-15(20)6-4-14/h3-6,13,20H,7-12H2,1-2H3. The molecule has 2 aliphatic heterocycles. The van der Waals surface area contributed by atoms with Crippen molar-refractivity contribution in [2.24, 2.45) is 0 Å². The molecule has 0 radical (unpaired) electrons. The van der Waals surface area contributed by atoms with E-state index in [1.165, 1.54) is 0 Å². The Labute approximate surface area is 131 Å². The van der Waals surface area contributed by atoms with E-state index in [2.05, 4.69) is 18.7 Å². The molecule has 2 aliphatic rings. The zero-order chi connectivity index (χ0) is 15.7. The van der Waals surface area contributed by atoms with Crippen LogP contribution in [0.5, 0.6) is 5.75 Å². The highest BCUT2D eigenvalue weighted by Gasteiger charge is 2.42. The average Bonchev–Trinajstić information content (AvgIpc) is 2.51. The number of amides is 1. The van der Waals surface area contributed by atoms with Crippen molar-refractivity contribution < 1.29 is 14.6 Å². The van der Waals surface area contributed by atoms with Crippen LogP contribution in [0.25, 0.3) is 0 Å². The molecule has 1 amide bonds. The monoisotopic (exact) mass is 304 g/mol. The second-order valence-corrected chi connectivity index (χ2v) is 6.59. The van der Waals surface area contributed by atoms with Crippen LogP contribution in [0.1, 0.15) is 26.7 Å². The minimum Gasteiger partial charge on any atom is -0.508 e. The molecule has 1 N–H and O–H groups in total. The summed E-state index contributed by atoms with van der Waals surface area (Å²) in [4.78, 5) is 16.2. The lowest BCUT2D eigenvalue weighted by Gasteiger charge is -2.48. The molecule has 120 valence electrons. The first-order valence-corrected chi connectivity index (χ1v) is 7.96. The van der Waals surface area contributed by atoms with Crippen molar-refractivity contribution in [3.63, 3.8) is 0 Å². The maximum absolute atomic E-state index is 11.9. The van der Waals surface area contributed by atoms with E-state index in [1.807, 2.05) is 17.0 Å². The summed E-state index contributed by atoms with van der Waals surface area (Å²) in [5.74, 6) is 0.389. The highest BCUT2D eigenvalue weighted by atomic mass is 16.5. The highest BCUT2D eigenvalue weighted by Crippen LogP contribution is 2.33. The molecule has 1 aromatic carbocycles. The van der Waals surface area contributed by atoms with E-state index >= 15 is 0 Å². The Hall–Kier alpha value is -1.75. The minimum atomic E-state index is -0.189. The lowest BCUT2D eigenvalue weighted by Crippen LogP contribution is -2.60. The lowest BCUT2D eigenvalue weighted by molar-refractivity contribution is -0.170. The van der Waals surface area contributed by atoms with Crippen LogP contribution in [0, 0.1) is 0 Å². The van der Waals surface area contributed by atoms with E-state index in [1.54, 1.807) is 12.1 Å². The number of carbonyl (C=O) groups excluding carboxylic acids is 1. The third-order valence-electron chi connectivity index (χ3n) is 4.79. The zero-order valence-corrected chi connectivity index (χ0v) is 13.3. The number of benzene rings is 1. The summed E-state index contributed by atoms with van der Waals surface area (Å²) in [6, 6.07) is 7.55. The Kier molecular flexibility index (Phi) is 4.00. The molecule has 3 rings (SSSR count). The fourth-order valence-corrected chi connectivity index (χ4v) is 3.35. The van der Waals surface area contributed by atoms with Gasteiger partial charge in [-0.3, -0.25) is 4.79 Å². The molecule has 2 heterocycles. The van der Waals surface area contributed by atoms with Gasteiger partial charge >= 0.3 is 0 Å². The first kappa shape index (κ1) is 15.2. The summed E-state index contributed by atoms with van der Waals surface area (Å²) in [6.45, 7) is 6.84. The lowest BCUT2D eigenvalue weighted by atomic mass is 9.88. The van der Waals surface area contributed by atoms with Crippen LogP contribution in [0.15, 0.2) is 24.3 Å². The molecule has 0 aromatic heterocycles. The number of rotatable bonds is 2. The summed E-state index contributed by atoms with van der Waals surface area (Å²) >= 11 is 0. The second-order valence-electron chi connectivity index (χ2n) is 6.59. The molecule has 5 nitrogen and oxygen atoms in total. The number of hydrogen-bond donors (Lipinski definition) is 1. The van der Waals surface area contributed by atoms with Crippen LogP contribution in [0.2, 0.25) is 0 Å². The molecule has 0 unspecified atom stereocenters. The molecule has 0 saturated carbocycles. The van der Waals surface area contributed by atoms with Gasteiger partial charge in [-0.05, 0) is 51.0 Å². The number of piperidine rings is 1. The smallest absolute Gasteiger partial charge is 0.248 e. The summed E-state index contributed by atoms with van der Waals surface area (Å²) in [5.41, 5.74) is 0.936. The van der Waals surface area contributed by atoms with Crippen molar-refractivity contribution in [2.75, 3.05) is 31.1 Å². The van der Waals surface area contributed by atoms with E-state index in [4.69, 9.17) is 4.74 Å². The van der Waals surface area contributed by atoms with E-state index in [0.29, 0.717) is 12.3 Å². The van der Waals surface area contributed by atoms with Crippen molar-refractivity contribution in [1.82, 2.24) is 4.90 Å². The first-order valence-electron chi connectivity index (χ1n) is 7.96. The molecule has 0 aliphatic carbocycles. The maximum atomic E-state index is 11.9. The van der Waals surface area contributed by atoms with Crippen molar-refractivity contribution in [3.05, 3.63) is 24.3 Å². The molecule has 1 spiro atoms. The fourth-order valence-electron chi connectivity index (χ4n) is 3.35. The highest BCUT2D eigenvalue weighted by molar-refractivity contribution is 5.78. The average molecular weight is 304 g/mol. The van der Waals surface area contributed by atoms with Crippen molar-refractivity contribution in [1.29, 1.82) is 0 Å². The minimum absolute atomic E-state index is 0.0987. The van der Waals surface area contributed by atoms with Crippen LogP contribution in [-0.2, 0) is 9.53 Å². The quantitative estimate of drug-likeness (QED) is 0.908. The number of anilines is 1. The van der Waals surface area contributed by atoms with Gasteiger partial charge in [-0.25, -0.2) is 0 Å². The van der Waals surface area contributed by atoms with Crippen LogP contribution in [-0.4, -0.2) is 53.8 Å².